The molecule has 2 aliphatic rings. The number of pyridine rings is 1. The number of halogens is 3. The number of nitrogens with zero attached hydrogens (tertiary/aromatic N) is 1. The highest BCUT2D eigenvalue weighted by Gasteiger charge is 2.33. The lowest BCUT2D eigenvalue weighted by Gasteiger charge is -2.38. The molecule has 0 aliphatic heterocycles. The maximum atomic E-state index is 12.7. The maximum Gasteiger partial charge on any atom is 0.433 e. The normalized spacial score (nSPS) is 30.3. The van der Waals surface area contributed by atoms with Crippen LogP contribution < -0.4 is 0 Å². The Hall–Kier alpha value is -1.06. The molecule has 2 saturated carbocycles. The summed E-state index contributed by atoms with van der Waals surface area (Å²) in [6.45, 7) is 2.27. The molecule has 1 heterocycles. The van der Waals surface area contributed by atoms with E-state index in [1.807, 2.05) is 0 Å². The molecule has 0 atom stereocenters. The first-order valence-electron chi connectivity index (χ1n) is 10.5. The Balaban J connectivity index is 1.46. The summed E-state index contributed by atoms with van der Waals surface area (Å²) in [7, 11) is 0. The van der Waals surface area contributed by atoms with Gasteiger partial charge in [0.15, 0.2) is 0 Å². The fraction of sp³-hybridized carbons (Fsp3) is 0.773. The second-order valence-corrected chi connectivity index (χ2v) is 8.51. The Bertz CT molecular complexity index is 536. The van der Waals surface area contributed by atoms with Gasteiger partial charge in [-0.3, -0.25) is 4.98 Å². The lowest BCUT2D eigenvalue weighted by molar-refractivity contribution is -0.141. The van der Waals surface area contributed by atoms with Gasteiger partial charge in [0.1, 0.15) is 5.69 Å². The minimum Gasteiger partial charge on any atom is -0.251 e. The highest BCUT2D eigenvalue weighted by atomic mass is 19.4. The van der Waals surface area contributed by atoms with Crippen LogP contribution in [0.4, 0.5) is 13.2 Å². The first-order chi connectivity index (χ1) is 12.5. The van der Waals surface area contributed by atoms with Crippen LogP contribution in [0, 0.1) is 17.8 Å². The van der Waals surface area contributed by atoms with E-state index in [-0.39, 0.29) is 0 Å². The molecular formula is C22H32F3N. The number of hydrogen-bond acceptors (Lipinski definition) is 1. The van der Waals surface area contributed by atoms with E-state index in [1.54, 1.807) is 6.07 Å². The van der Waals surface area contributed by atoms with Crippen LogP contribution in [-0.4, -0.2) is 4.98 Å². The van der Waals surface area contributed by atoms with Crippen molar-refractivity contribution in [1.29, 1.82) is 0 Å². The average Bonchev–Trinajstić information content (AvgIpc) is 2.66. The predicted octanol–water partition coefficient (Wildman–Crippen LogP) is 7.37. The highest BCUT2D eigenvalue weighted by Crippen LogP contribution is 2.44. The van der Waals surface area contributed by atoms with Gasteiger partial charge in [0.25, 0.3) is 0 Å². The summed E-state index contributed by atoms with van der Waals surface area (Å²) < 4.78 is 38.0. The first-order valence-corrected chi connectivity index (χ1v) is 10.5. The topological polar surface area (TPSA) is 12.9 Å². The summed E-state index contributed by atoms with van der Waals surface area (Å²) in [6, 6.07) is 2.78. The largest absolute Gasteiger partial charge is 0.433 e. The van der Waals surface area contributed by atoms with Gasteiger partial charge in [-0.2, -0.15) is 13.2 Å². The molecule has 0 N–H and O–H groups in total. The van der Waals surface area contributed by atoms with Gasteiger partial charge in [-0.05, 0) is 73.8 Å². The standard InChI is InChI=1S/C22H32F3N/c1-2-3-4-16-5-7-17(8-6-16)18-9-11-19(12-10-18)20-13-14-21(26-15-20)22(23,24)25/h13-19H,2-12H2,1H3/t16-,17-,18?,19?. The molecule has 0 bridgehead atoms. The summed E-state index contributed by atoms with van der Waals surface area (Å²) in [4.78, 5) is 3.64. The van der Waals surface area contributed by atoms with Crippen LogP contribution in [0.5, 0.6) is 0 Å². The summed E-state index contributed by atoms with van der Waals surface area (Å²) in [5.41, 5.74) is 0.203. The van der Waals surface area contributed by atoms with Gasteiger partial charge in [0.2, 0.25) is 0 Å². The van der Waals surface area contributed by atoms with E-state index in [0.717, 1.165) is 42.2 Å². The zero-order valence-corrected chi connectivity index (χ0v) is 15.9. The Morgan fingerprint density at radius 2 is 1.54 bits per heavy atom. The van der Waals surface area contributed by atoms with Crippen molar-refractivity contribution in [3.63, 3.8) is 0 Å². The molecule has 2 fully saturated rings. The van der Waals surface area contributed by atoms with Crippen LogP contribution in [-0.2, 0) is 6.18 Å². The van der Waals surface area contributed by atoms with E-state index >= 15 is 0 Å². The van der Waals surface area contributed by atoms with Gasteiger partial charge in [-0.1, -0.05) is 45.1 Å². The fourth-order valence-electron chi connectivity index (χ4n) is 5.18. The van der Waals surface area contributed by atoms with Crippen molar-refractivity contribution in [2.75, 3.05) is 0 Å². The van der Waals surface area contributed by atoms with E-state index in [2.05, 4.69) is 11.9 Å². The number of aromatic nitrogens is 1. The molecule has 0 spiro atoms. The summed E-state index contributed by atoms with van der Waals surface area (Å²) in [6.07, 6.45) is 11.5. The van der Waals surface area contributed by atoms with Crippen LogP contribution in [0.2, 0.25) is 0 Å². The molecule has 2 aliphatic carbocycles. The molecule has 1 nitrogen and oxygen atoms in total. The fourth-order valence-corrected chi connectivity index (χ4v) is 5.18. The van der Waals surface area contributed by atoms with Crippen molar-refractivity contribution in [1.82, 2.24) is 4.98 Å². The van der Waals surface area contributed by atoms with Gasteiger partial charge < -0.3 is 0 Å². The van der Waals surface area contributed by atoms with Crippen LogP contribution in [0.25, 0.3) is 0 Å². The molecular weight excluding hydrogens is 335 g/mol. The van der Waals surface area contributed by atoms with Gasteiger partial charge >= 0.3 is 6.18 Å². The Labute approximate surface area is 155 Å². The molecule has 4 heteroatoms. The zero-order chi connectivity index (χ0) is 18.6. The minimum absolute atomic E-state index is 0.391. The SMILES string of the molecule is CCCC[C@H]1CC[C@H](C2CCC(c3ccc(C(F)(F)F)nc3)CC2)CC1. The third-order valence-corrected chi connectivity index (χ3v) is 6.84. The molecule has 0 unspecified atom stereocenters. The molecule has 3 rings (SSSR count). The van der Waals surface area contributed by atoms with Crippen molar-refractivity contribution in [3.8, 4) is 0 Å². The smallest absolute Gasteiger partial charge is 0.251 e. The Morgan fingerprint density at radius 1 is 0.923 bits per heavy atom. The third-order valence-electron chi connectivity index (χ3n) is 6.84. The van der Waals surface area contributed by atoms with Gasteiger partial charge in [0, 0.05) is 6.20 Å². The van der Waals surface area contributed by atoms with Crippen molar-refractivity contribution in [2.45, 2.75) is 89.6 Å². The molecule has 146 valence electrons. The van der Waals surface area contributed by atoms with Crippen molar-refractivity contribution >= 4 is 0 Å². The van der Waals surface area contributed by atoms with Crippen LogP contribution in [0.3, 0.4) is 0 Å². The third kappa shape index (κ3) is 5.01. The Kier molecular flexibility index (Phi) is 6.63. The minimum atomic E-state index is -4.34. The van der Waals surface area contributed by atoms with Crippen molar-refractivity contribution < 1.29 is 13.2 Å². The number of alkyl halides is 3. The van der Waals surface area contributed by atoms with Gasteiger partial charge in [0.05, 0.1) is 0 Å². The first kappa shape index (κ1) is 19.7. The number of hydrogen-bond donors (Lipinski definition) is 0. The predicted molar refractivity (Wildman–Crippen MR) is 98.9 cm³/mol. The lowest BCUT2D eigenvalue weighted by Crippen LogP contribution is -2.25. The molecule has 0 radical (unpaired) electrons. The second-order valence-electron chi connectivity index (χ2n) is 8.51. The Morgan fingerprint density at radius 3 is 2.04 bits per heavy atom. The zero-order valence-electron chi connectivity index (χ0n) is 15.9. The molecule has 0 saturated heterocycles. The summed E-state index contributed by atoms with van der Waals surface area (Å²) >= 11 is 0. The van der Waals surface area contributed by atoms with Crippen molar-refractivity contribution in [2.24, 2.45) is 17.8 Å². The summed E-state index contributed by atoms with van der Waals surface area (Å²) in [5.74, 6) is 3.07. The quantitative estimate of drug-likeness (QED) is 0.529. The van der Waals surface area contributed by atoms with Crippen LogP contribution >= 0.6 is 0 Å². The van der Waals surface area contributed by atoms with E-state index in [9.17, 15) is 13.2 Å². The molecule has 1 aromatic heterocycles. The van der Waals surface area contributed by atoms with E-state index in [1.165, 1.54) is 64.0 Å². The average molecular weight is 367 g/mol. The van der Waals surface area contributed by atoms with Crippen molar-refractivity contribution in [3.05, 3.63) is 29.6 Å². The monoisotopic (exact) mass is 367 g/mol. The molecule has 26 heavy (non-hydrogen) atoms. The van der Waals surface area contributed by atoms with Crippen LogP contribution in [0.1, 0.15) is 94.7 Å². The van der Waals surface area contributed by atoms with E-state index in [0.29, 0.717) is 5.92 Å². The number of rotatable bonds is 5. The highest BCUT2D eigenvalue weighted by molar-refractivity contribution is 5.20. The lowest BCUT2D eigenvalue weighted by atomic mass is 9.68. The molecule has 0 amide bonds. The summed E-state index contributed by atoms with van der Waals surface area (Å²) in [5, 5.41) is 0. The molecule has 1 aromatic rings. The van der Waals surface area contributed by atoms with Gasteiger partial charge in [-0.25, -0.2) is 0 Å². The second kappa shape index (κ2) is 8.75. The van der Waals surface area contributed by atoms with Gasteiger partial charge in [-0.15, -0.1) is 0 Å². The van der Waals surface area contributed by atoms with E-state index in [4.69, 9.17) is 0 Å². The number of unbranched alkanes of at least 4 members (excludes halogenated alkanes) is 1. The maximum absolute atomic E-state index is 12.7. The van der Waals surface area contributed by atoms with E-state index < -0.39 is 11.9 Å². The van der Waals surface area contributed by atoms with Crippen LogP contribution in [0.15, 0.2) is 18.3 Å². The molecule has 0 aromatic carbocycles.